The SMILES string of the molecule is N=C(NC(=O)c1ccccc1)c1ccc(CNC(=O)c2ccc3c(c2)[C@@H]2O[C@H]3c3ccc(-c4ccc(F)cc4F)cc32)cc1. The fraction of sp³-hybridized carbons (Fsp3) is 0.0833. The minimum absolute atomic E-state index is 0.0133. The Hall–Kier alpha value is -5.47. The summed E-state index contributed by atoms with van der Waals surface area (Å²) in [5.74, 6) is -1.87. The van der Waals surface area contributed by atoms with Gasteiger partial charge < -0.3 is 15.4 Å². The molecule has 0 radical (unpaired) electrons. The lowest BCUT2D eigenvalue weighted by Gasteiger charge is -2.18. The second-order valence-electron chi connectivity index (χ2n) is 10.8. The summed E-state index contributed by atoms with van der Waals surface area (Å²) < 4.78 is 34.2. The van der Waals surface area contributed by atoms with Crippen molar-refractivity contribution in [2.45, 2.75) is 18.8 Å². The van der Waals surface area contributed by atoms with E-state index in [0.717, 1.165) is 33.9 Å². The van der Waals surface area contributed by atoms with Crippen molar-refractivity contribution in [3.05, 3.63) is 165 Å². The van der Waals surface area contributed by atoms with Crippen molar-refractivity contribution in [3.8, 4) is 11.1 Å². The molecule has 44 heavy (non-hydrogen) atoms. The monoisotopic (exact) mass is 585 g/mol. The average molecular weight is 586 g/mol. The molecule has 7 rings (SSSR count). The fourth-order valence-corrected chi connectivity index (χ4v) is 5.80. The first-order valence-electron chi connectivity index (χ1n) is 14.1. The zero-order valence-electron chi connectivity index (χ0n) is 23.2. The molecule has 0 unspecified atom stereocenters. The van der Waals surface area contributed by atoms with Crippen molar-refractivity contribution in [2.24, 2.45) is 0 Å². The van der Waals surface area contributed by atoms with Crippen LogP contribution in [0.1, 0.15) is 66.3 Å². The molecule has 0 aliphatic carbocycles. The minimum atomic E-state index is -0.629. The Morgan fingerprint density at radius 2 is 1.36 bits per heavy atom. The number of carbonyl (C=O) groups is 2. The first-order valence-corrected chi connectivity index (χ1v) is 14.1. The number of hydrogen-bond donors (Lipinski definition) is 3. The first-order chi connectivity index (χ1) is 21.4. The molecule has 5 aromatic rings. The van der Waals surface area contributed by atoms with E-state index >= 15 is 0 Å². The second kappa shape index (κ2) is 11.0. The molecular formula is C36H25F2N3O3. The molecule has 216 valence electrons. The number of rotatable bonds is 6. The lowest BCUT2D eigenvalue weighted by Crippen LogP contribution is -2.30. The molecule has 2 aliphatic heterocycles. The van der Waals surface area contributed by atoms with Gasteiger partial charge in [-0.3, -0.25) is 15.0 Å². The van der Waals surface area contributed by atoms with Crippen LogP contribution in [0.2, 0.25) is 0 Å². The van der Waals surface area contributed by atoms with Gasteiger partial charge >= 0.3 is 0 Å². The van der Waals surface area contributed by atoms with Gasteiger partial charge in [0.1, 0.15) is 29.7 Å². The van der Waals surface area contributed by atoms with E-state index in [1.165, 1.54) is 12.1 Å². The van der Waals surface area contributed by atoms with Gasteiger partial charge in [0.25, 0.3) is 11.8 Å². The van der Waals surface area contributed by atoms with Gasteiger partial charge in [0.2, 0.25) is 0 Å². The summed E-state index contributed by atoms with van der Waals surface area (Å²) in [7, 11) is 0. The molecule has 2 aliphatic rings. The third-order valence-electron chi connectivity index (χ3n) is 8.05. The van der Waals surface area contributed by atoms with E-state index < -0.39 is 11.6 Å². The van der Waals surface area contributed by atoms with E-state index in [1.54, 1.807) is 54.6 Å². The molecule has 6 nitrogen and oxygen atoms in total. The largest absolute Gasteiger partial charge is 0.356 e. The molecule has 2 atom stereocenters. The van der Waals surface area contributed by atoms with Crippen LogP contribution in [0.25, 0.3) is 11.1 Å². The van der Waals surface area contributed by atoms with Crippen LogP contribution in [0.5, 0.6) is 0 Å². The molecule has 5 aromatic carbocycles. The maximum atomic E-state index is 14.5. The van der Waals surface area contributed by atoms with Crippen molar-refractivity contribution in [1.82, 2.24) is 10.6 Å². The zero-order chi connectivity index (χ0) is 30.4. The second-order valence-corrected chi connectivity index (χ2v) is 10.8. The summed E-state index contributed by atoms with van der Waals surface area (Å²) in [4.78, 5) is 25.4. The van der Waals surface area contributed by atoms with Crippen LogP contribution < -0.4 is 10.6 Å². The molecule has 8 heteroatoms. The average Bonchev–Trinajstić information content (AvgIpc) is 3.61. The minimum Gasteiger partial charge on any atom is -0.356 e. The molecule has 0 spiro atoms. The van der Waals surface area contributed by atoms with E-state index in [9.17, 15) is 18.4 Å². The maximum Gasteiger partial charge on any atom is 0.256 e. The number of amides is 2. The highest BCUT2D eigenvalue weighted by Crippen LogP contribution is 2.54. The topological polar surface area (TPSA) is 91.3 Å². The molecule has 2 bridgehead atoms. The number of halogens is 2. The van der Waals surface area contributed by atoms with Crippen LogP contribution >= 0.6 is 0 Å². The van der Waals surface area contributed by atoms with E-state index in [1.807, 2.05) is 36.4 Å². The first kappa shape index (κ1) is 27.4. The number of fused-ring (bicyclic) bond motifs is 8. The van der Waals surface area contributed by atoms with Crippen LogP contribution in [0, 0.1) is 17.0 Å². The van der Waals surface area contributed by atoms with Gasteiger partial charge in [0.05, 0.1) is 0 Å². The summed E-state index contributed by atoms with van der Waals surface area (Å²) >= 11 is 0. The third kappa shape index (κ3) is 4.95. The number of hydrogen-bond acceptors (Lipinski definition) is 4. The van der Waals surface area contributed by atoms with Gasteiger partial charge in [0.15, 0.2) is 0 Å². The molecule has 3 N–H and O–H groups in total. The van der Waals surface area contributed by atoms with Gasteiger partial charge in [0, 0.05) is 34.9 Å². The van der Waals surface area contributed by atoms with E-state index in [2.05, 4.69) is 10.6 Å². The van der Waals surface area contributed by atoms with E-state index in [0.29, 0.717) is 27.8 Å². The zero-order valence-corrected chi connectivity index (χ0v) is 23.2. The Morgan fingerprint density at radius 1 is 0.682 bits per heavy atom. The van der Waals surface area contributed by atoms with Crippen molar-refractivity contribution in [2.75, 3.05) is 0 Å². The highest BCUT2D eigenvalue weighted by Gasteiger charge is 2.43. The summed E-state index contributed by atoms with van der Waals surface area (Å²) in [6.07, 6.45) is -0.643. The van der Waals surface area contributed by atoms with Crippen molar-refractivity contribution in [3.63, 3.8) is 0 Å². The number of carbonyl (C=O) groups excluding carboxylic acids is 2. The number of ether oxygens (including phenoxy) is 1. The smallest absolute Gasteiger partial charge is 0.256 e. The van der Waals surface area contributed by atoms with Crippen LogP contribution in [0.4, 0.5) is 8.78 Å². The van der Waals surface area contributed by atoms with Gasteiger partial charge in [-0.1, -0.05) is 60.7 Å². The van der Waals surface area contributed by atoms with E-state index in [-0.39, 0.29) is 36.4 Å². The highest BCUT2D eigenvalue weighted by molar-refractivity contribution is 6.11. The van der Waals surface area contributed by atoms with Crippen LogP contribution in [-0.2, 0) is 11.3 Å². The Bertz CT molecular complexity index is 1960. The highest BCUT2D eigenvalue weighted by atomic mass is 19.1. The predicted molar refractivity (Wildman–Crippen MR) is 161 cm³/mol. The van der Waals surface area contributed by atoms with Gasteiger partial charge in [-0.2, -0.15) is 0 Å². The van der Waals surface area contributed by atoms with Crippen LogP contribution in [-0.4, -0.2) is 17.6 Å². The standard InChI is InChI=1S/C36H25F2N3O3/c37-25-12-15-26(31(38)18-25)23-10-13-27-29(16-23)33-30-17-24(11-14-28(30)32(27)44-33)35(42)40-19-20-6-8-21(9-7-20)34(39)41-36(43)22-4-2-1-3-5-22/h1-18,32-33H,19H2,(H,40,42)(H2,39,41,43)/t32-,33+/m0/s1. The fourth-order valence-electron chi connectivity index (χ4n) is 5.80. The quantitative estimate of drug-likeness (QED) is 0.151. The number of nitrogens with one attached hydrogen (secondary N) is 3. The predicted octanol–water partition coefficient (Wildman–Crippen LogP) is 6.84. The summed E-state index contributed by atoms with van der Waals surface area (Å²) in [5, 5.41) is 13.8. The Balaban J connectivity index is 1.02. The number of benzene rings is 5. The maximum absolute atomic E-state index is 14.5. The van der Waals surface area contributed by atoms with E-state index in [4.69, 9.17) is 10.1 Å². The molecule has 0 saturated heterocycles. The Labute approximate surface area is 251 Å². The van der Waals surface area contributed by atoms with Gasteiger partial charge in [-0.25, -0.2) is 8.78 Å². The molecule has 0 aromatic heterocycles. The van der Waals surface area contributed by atoms with Crippen molar-refractivity contribution < 1.29 is 23.1 Å². The Kier molecular flexibility index (Phi) is 6.83. The summed E-state index contributed by atoms with van der Waals surface area (Å²) in [5.41, 5.74) is 7.09. The van der Waals surface area contributed by atoms with Gasteiger partial charge in [-0.15, -0.1) is 0 Å². The molecular weight excluding hydrogens is 560 g/mol. The van der Waals surface area contributed by atoms with Crippen LogP contribution in [0.15, 0.2) is 109 Å². The molecule has 0 fully saturated rings. The Morgan fingerprint density at radius 3 is 2.11 bits per heavy atom. The molecule has 2 heterocycles. The molecule has 2 amide bonds. The van der Waals surface area contributed by atoms with Crippen molar-refractivity contribution >= 4 is 17.6 Å². The lowest BCUT2D eigenvalue weighted by molar-refractivity contribution is 0.0857. The summed E-state index contributed by atoms with van der Waals surface area (Å²) in [6.45, 7) is 0.276. The normalized spacial score (nSPS) is 15.8. The third-order valence-corrected chi connectivity index (χ3v) is 8.05. The van der Waals surface area contributed by atoms with Gasteiger partial charge in [-0.05, 0) is 75.8 Å². The summed E-state index contributed by atoms with van der Waals surface area (Å²) in [6, 6.07) is 30.4. The van der Waals surface area contributed by atoms with Crippen molar-refractivity contribution in [1.29, 1.82) is 5.41 Å². The molecule has 0 saturated carbocycles. The lowest BCUT2D eigenvalue weighted by atomic mass is 9.83. The van der Waals surface area contributed by atoms with Crippen LogP contribution in [0.3, 0.4) is 0 Å². The number of amidine groups is 1.